The van der Waals surface area contributed by atoms with Gasteiger partial charge in [0.05, 0.1) is 44.9 Å². The van der Waals surface area contributed by atoms with E-state index in [0.29, 0.717) is 6.42 Å². The minimum atomic E-state index is -0.203. The molecule has 3 N–H and O–H groups in total. The standard InChI is InChI=1S/C21H26N4O2S/c26-20(22-23-21(27)17-28-19-9-5-2-6-10-19)11-12-24-13-15-25(16-14-24)18-7-3-1-4-8-18/h1-10H,11-17H2,(H,22,26)(H,23,27)/p+1. The van der Waals surface area contributed by atoms with Crippen LogP contribution in [-0.4, -0.2) is 50.3 Å². The lowest BCUT2D eigenvalue weighted by Crippen LogP contribution is -3.15. The second-order valence-corrected chi connectivity index (χ2v) is 7.82. The van der Waals surface area contributed by atoms with Crippen molar-refractivity contribution >= 4 is 29.3 Å². The monoisotopic (exact) mass is 399 g/mol. The highest BCUT2D eigenvalue weighted by Gasteiger charge is 2.20. The summed E-state index contributed by atoms with van der Waals surface area (Å²) in [6.07, 6.45) is 0.410. The molecule has 1 fully saturated rings. The number of piperazine rings is 1. The third kappa shape index (κ3) is 6.58. The number of hydrogen-bond donors (Lipinski definition) is 3. The van der Waals surface area contributed by atoms with E-state index in [1.165, 1.54) is 22.3 Å². The lowest BCUT2D eigenvalue weighted by Gasteiger charge is -2.33. The summed E-state index contributed by atoms with van der Waals surface area (Å²) in [7, 11) is 0. The number of nitrogens with one attached hydrogen (secondary N) is 3. The van der Waals surface area contributed by atoms with Crippen LogP contribution in [0.2, 0.25) is 0 Å². The number of thioether (sulfide) groups is 1. The molecule has 1 heterocycles. The third-order valence-corrected chi connectivity index (χ3v) is 5.76. The summed E-state index contributed by atoms with van der Waals surface area (Å²) in [4.78, 5) is 28.7. The van der Waals surface area contributed by atoms with Gasteiger partial charge in [0, 0.05) is 10.6 Å². The van der Waals surface area contributed by atoms with E-state index >= 15 is 0 Å². The van der Waals surface area contributed by atoms with E-state index in [0.717, 1.165) is 37.6 Å². The fourth-order valence-electron chi connectivity index (χ4n) is 3.16. The van der Waals surface area contributed by atoms with E-state index in [4.69, 9.17) is 0 Å². The van der Waals surface area contributed by atoms with Crippen molar-refractivity contribution in [1.82, 2.24) is 10.9 Å². The van der Waals surface area contributed by atoms with E-state index in [9.17, 15) is 9.59 Å². The summed E-state index contributed by atoms with van der Waals surface area (Å²) < 4.78 is 0. The van der Waals surface area contributed by atoms with Crippen molar-refractivity contribution in [1.29, 1.82) is 0 Å². The molecule has 28 heavy (non-hydrogen) atoms. The Kier molecular flexibility index (Phi) is 7.75. The molecule has 2 aromatic rings. The minimum absolute atomic E-state index is 0.143. The van der Waals surface area contributed by atoms with Crippen LogP contribution >= 0.6 is 11.8 Å². The summed E-state index contributed by atoms with van der Waals surface area (Å²) in [5.41, 5.74) is 6.27. The highest BCUT2D eigenvalue weighted by atomic mass is 32.2. The maximum Gasteiger partial charge on any atom is 0.248 e. The molecule has 0 atom stereocenters. The fourth-order valence-corrected chi connectivity index (χ4v) is 3.88. The van der Waals surface area contributed by atoms with Crippen LogP contribution in [0.15, 0.2) is 65.6 Å². The van der Waals surface area contributed by atoms with Crippen LogP contribution in [-0.2, 0) is 9.59 Å². The largest absolute Gasteiger partial charge is 0.360 e. The van der Waals surface area contributed by atoms with Gasteiger partial charge in [0.2, 0.25) is 11.8 Å². The maximum absolute atomic E-state index is 12.0. The summed E-state index contributed by atoms with van der Waals surface area (Å²) in [6, 6.07) is 20.1. The van der Waals surface area contributed by atoms with Crippen LogP contribution in [0.4, 0.5) is 5.69 Å². The Bertz CT molecular complexity index is 750. The number of nitrogens with zero attached hydrogens (tertiary/aromatic N) is 1. The molecule has 0 saturated carbocycles. The number of rotatable bonds is 7. The van der Waals surface area contributed by atoms with Gasteiger partial charge in [-0.3, -0.25) is 20.4 Å². The number of carbonyl (C=O) groups excluding carboxylic acids is 2. The van der Waals surface area contributed by atoms with Gasteiger partial charge < -0.3 is 9.80 Å². The first kappa shape index (κ1) is 20.2. The Balaban J connectivity index is 1.28. The topological polar surface area (TPSA) is 65.9 Å². The quantitative estimate of drug-likeness (QED) is 0.474. The molecule has 0 unspecified atom stereocenters. The molecule has 0 aliphatic carbocycles. The lowest BCUT2D eigenvalue weighted by atomic mass is 10.2. The van der Waals surface area contributed by atoms with Crippen molar-refractivity contribution in [3.63, 3.8) is 0 Å². The molecule has 0 bridgehead atoms. The van der Waals surface area contributed by atoms with Crippen molar-refractivity contribution in [2.75, 3.05) is 43.4 Å². The van der Waals surface area contributed by atoms with Crippen molar-refractivity contribution in [3.8, 4) is 0 Å². The van der Waals surface area contributed by atoms with Crippen LogP contribution < -0.4 is 20.7 Å². The molecule has 0 radical (unpaired) electrons. The Labute approximate surface area is 170 Å². The number of hydrogen-bond acceptors (Lipinski definition) is 4. The molecule has 1 aliphatic rings. The predicted molar refractivity (Wildman–Crippen MR) is 112 cm³/mol. The molecule has 1 aliphatic heterocycles. The average Bonchev–Trinajstić information content (AvgIpc) is 2.76. The van der Waals surface area contributed by atoms with Gasteiger partial charge in [-0.25, -0.2) is 0 Å². The van der Waals surface area contributed by atoms with Crippen LogP contribution in [0.3, 0.4) is 0 Å². The second kappa shape index (κ2) is 10.7. The van der Waals surface area contributed by atoms with E-state index in [2.05, 4.69) is 40.0 Å². The average molecular weight is 400 g/mol. The molecule has 3 rings (SSSR count). The van der Waals surface area contributed by atoms with Crippen LogP contribution in [0, 0.1) is 0 Å². The number of hydrazine groups is 1. The molecular weight excluding hydrogens is 372 g/mol. The molecule has 2 amide bonds. The predicted octanol–water partition coefficient (Wildman–Crippen LogP) is 0.721. The number of carbonyl (C=O) groups is 2. The molecule has 7 heteroatoms. The Morgan fingerprint density at radius 1 is 0.893 bits per heavy atom. The zero-order valence-corrected chi connectivity index (χ0v) is 16.7. The number of amides is 2. The van der Waals surface area contributed by atoms with Gasteiger partial charge in [0.1, 0.15) is 0 Å². The van der Waals surface area contributed by atoms with Crippen molar-refractivity contribution < 1.29 is 14.5 Å². The van der Waals surface area contributed by atoms with Crippen LogP contribution in [0.5, 0.6) is 0 Å². The zero-order chi connectivity index (χ0) is 19.6. The number of para-hydroxylation sites is 1. The van der Waals surface area contributed by atoms with E-state index in [-0.39, 0.29) is 17.6 Å². The van der Waals surface area contributed by atoms with E-state index in [1.54, 1.807) is 0 Å². The maximum atomic E-state index is 12.0. The summed E-state index contributed by atoms with van der Waals surface area (Å²) >= 11 is 1.44. The van der Waals surface area contributed by atoms with Crippen molar-refractivity contribution in [2.45, 2.75) is 11.3 Å². The van der Waals surface area contributed by atoms with Crippen molar-refractivity contribution in [2.24, 2.45) is 0 Å². The molecule has 148 valence electrons. The van der Waals surface area contributed by atoms with Crippen molar-refractivity contribution in [3.05, 3.63) is 60.7 Å². The fraction of sp³-hybridized carbons (Fsp3) is 0.333. The summed E-state index contributed by atoms with van der Waals surface area (Å²) in [5, 5.41) is 0. The van der Waals surface area contributed by atoms with Crippen LogP contribution in [0.25, 0.3) is 0 Å². The first-order valence-electron chi connectivity index (χ1n) is 9.60. The smallest absolute Gasteiger partial charge is 0.248 e. The SMILES string of the molecule is O=C(CC[NH+]1CCN(c2ccccc2)CC1)NNC(=O)CSc1ccccc1. The number of benzene rings is 2. The first-order chi connectivity index (χ1) is 13.7. The number of quaternary nitrogens is 1. The Morgan fingerprint density at radius 3 is 2.18 bits per heavy atom. The van der Waals surface area contributed by atoms with Gasteiger partial charge >= 0.3 is 0 Å². The first-order valence-corrected chi connectivity index (χ1v) is 10.6. The second-order valence-electron chi connectivity index (χ2n) is 6.77. The Hall–Kier alpha value is -2.51. The number of anilines is 1. The molecule has 2 aromatic carbocycles. The molecular formula is C21H27N4O2S+. The lowest BCUT2D eigenvalue weighted by molar-refractivity contribution is -0.900. The summed E-state index contributed by atoms with van der Waals surface area (Å²) in [5.74, 6) is -0.0705. The van der Waals surface area contributed by atoms with Gasteiger partial charge in [-0.05, 0) is 24.3 Å². The van der Waals surface area contributed by atoms with Gasteiger partial charge in [0.15, 0.2) is 0 Å². The minimum Gasteiger partial charge on any atom is -0.360 e. The zero-order valence-electron chi connectivity index (χ0n) is 15.9. The van der Waals surface area contributed by atoms with Crippen LogP contribution in [0.1, 0.15) is 6.42 Å². The van der Waals surface area contributed by atoms with E-state index < -0.39 is 0 Å². The highest BCUT2D eigenvalue weighted by molar-refractivity contribution is 8.00. The van der Waals surface area contributed by atoms with E-state index in [1.807, 2.05) is 36.4 Å². The third-order valence-electron chi connectivity index (χ3n) is 4.75. The van der Waals surface area contributed by atoms with Gasteiger partial charge in [-0.1, -0.05) is 36.4 Å². The van der Waals surface area contributed by atoms with Gasteiger partial charge in [-0.2, -0.15) is 0 Å². The van der Waals surface area contributed by atoms with Gasteiger partial charge in [-0.15, -0.1) is 11.8 Å². The molecule has 0 aromatic heterocycles. The van der Waals surface area contributed by atoms with Gasteiger partial charge in [0.25, 0.3) is 0 Å². The summed E-state index contributed by atoms with van der Waals surface area (Å²) in [6.45, 7) is 4.80. The molecule has 0 spiro atoms. The highest BCUT2D eigenvalue weighted by Crippen LogP contribution is 2.16. The molecule has 6 nitrogen and oxygen atoms in total. The molecule has 1 saturated heterocycles. The Morgan fingerprint density at radius 2 is 1.50 bits per heavy atom. The normalized spacial score (nSPS) is 14.5.